The third kappa shape index (κ3) is 5.30. The zero-order valence-corrected chi connectivity index (χ0v) is 15.4. The lowest BCUT2D eigenvalue weighted by molar-refractivity contribution is 0.475. The number of phenolic OH excluding ortho intramolecular Hbond substituents is 1. The van der Waals surface area contributed by atoms with Crippen LogP contribution in [0, 0.1) is 13.8 Å². The number of nitrogens with zero attached hydrogens (tertiary/aromatic N) is 1. The van der Waals surface area contributed by atoms with Gasteiger partial charge in [-0.1, -0.05) is 62.8 Å². The van der Waals surface area contributed by atoms with Gasteiger partial charge < -0.3 is 10.0 Å². The normalized spacial score (nSPS) is 10.8. The Morgan fingerprint density at radius 3 is 2.33 bits per heavy atom. The number of aromatic hydroxyl groups is 1. The second-order valence-corrected chi connectivity index (χ2v) is 6.73. The van der Waals surface area contributed by atoms with E-state index in [9.17, 15) is 5.11 Å². The van der Waals surface area contributed by atoms with Crippen molar-refractivity contribution < 1.29 is 5.11 Å². The molecule has 2 heteroatoms. The first kappa shape index (κ1) is 18.4. The van der Waals surface area contributed by atoms with Crippen LogP contribution in [0.4, 0.5) is 11.4 Å². The molecule has 2 aromatic carbocycles. The maximum absolute atomic E-state index is 9.86. The van der Waals surface area contributed by atoms with Gasteiger partial charge in [0, 0.05) is 24.0 Å². The van der Waals surface area contributed by atoms with Crippen LogP contribution in [-0.2, 0) is 0 Å². The lowest BCUT2D eigenvalue weighted by atomic mass is 10.1. The number of anilines is 2. The van der Waals surface area contributed by atoms with Crippen LogP contribution in [0.25, 0.3) is 0 Å². The second kappa shape index (κ2) is 9.36. The van der Waals surface area contributed by atoms with Crippen molar-refractivity contribution in [2.45, 2.75) is 59.3 Å². The van der Waals surface area contributed by atoms with Crippen molar-refractivity contribution in [1.82, 2.24) is 0 Å². The van der Waals surface area contributed by atoms with Crippen molar-refractivity contribution in [1.29, 1.82) is 0 Å². The summed E-state index contributed by atoms with van der Waals surface area (Å²) in [6.45, 7) is 7.53. The topological polar surface area (TPSA) is 23.5 Å². The summed E-state index contributed by atoms with van der Waals surface area (Å²) in [7, 11) is 0. The number of hydrogen-bond donors (Lipinski definition) is 1. The molecule has 0 heterocycles. The third-order valence-electron chi connectivity index (χ3n) is 4.52. The van der Waals surface area contributed by atoms with E-state index in [0.717, 1.165) is 12.2 Å². The summed E-state index contributed by atoms with van der Waals surface area (Å²) in [4.78, 5) is 2.34. The lowest BCUT2D eigenvalue weighted by Crippen LogP contribution is -2.19. The van der Waals surface area contributed by atoms with Crippen molar-refractivity contribution in [3.63, 3.8) is 0 Å². The molecule has 0 atom stereocenters. The van der Waals surface area contributed by atoms with Gasteiger partial charge in [0.15, 0.2) is 0 Å². The largest absolute Gasteiger partial charge is 0.508 e. The first-order valence-corrected chi connectivity index (χ1v) is 9.25. The van der Waals surface area contributed by atoms with Gasteiger partial charge in [0.2, 0.25) is 0 Å². The fraction of sp³-hybridized carbons (Fsp3) is 0.455. The van der Waals surface area contributed by atoms with Crippen molar-refractivity contribution in [2.75, 3.05) is 11.4 Å². The molecule has 0 aliphatic heterocycles. The molecule has 1 N–H and O–H groups in total. The smallest absolute Gasteiger partial charge is 0.117 e. The Morgan fingerprint density at radius 2 is 1.62 bits per heavy atom. The maximum Gasteiger partial charge on any atom is 0.117 e. The Kier molecular flexibility index (Phi) is 7.17. The molecule has 0 bridgehead atoms. The lowest BCUT2D eigenvalue weighted by Gasteiger charge is -2.27. The molecule has 0 aliphatic rings. The molecule has 2 aromatic rings. The van der Waals surface area contributed by atoms with E-state index < -0.39 is 0 Å². The number of phenols is 1. The minimum atomic E-state index is 0.324. The van der Waals surface area contributed by atoms with Crippen molar-refractivity contribution in [2.24, 2.45) is 0 Å². The van der Waals surface area contributed by atoms with E-state index in [4.69, 9.17) is 0 Å². The first-order valence-electron chi connectivity index (χ1n) is 9.25. The van der Waals surface area contributed by atoms with Gasteiger partial charge in [-0.3, -0.25) is 0 Å². The summed E-state index contributed by atoms with van der Waals surface area (Å²) in [5.74, 6) is 0.324. The van der Waals surface area contributed by atoms with E-state index in [0.29, 0.717) is 5.75 Å². The van der Waals surface area contributed by atoms with E-state index in [2.05, 4.69) is 49.9 Å². The van der Waals surface area contributed by atoms with E-state index >= 15 is 0 Å². The highest BCUT2D eigenvalue weighted by atomic mass is 16.3. The quantitative estimate of drug-likeness (QED) is 0.531. The van der Waals surface area contributed by atoms with Gasteiger partial charge in [-0.2, -0.15) is 0 Å². The summed E-state index contributed by atoms with van der Waals surface area (Å²) in [6.07, 6.45) is 7.72. The van der Waals surface area contributed by atoms with Crippen LogP contribution in [0.1, 0.15) is 56.6 Å². The van der Waals surface area contributed by atoms with Gasteiger partial charge in [-0.05, 0) is 44.0 Å². The van der Waals surface area contributed by atoms with Crippen molar-refractivity contribution >= 4 is 11.4 Å². The Morgan fingerprint density at radius 1 is 0.875 bits per heavy atom. The molecular formula is C22H31NO. The molecule has 2 rings (SSSR count). The van der Waals surface area contributed by atoms with E-state index in [1.54, 1.807) is 6.07 Å². The maximum atomic E-state index is 9.86. The molecule has 0 spiro atoms. The Bertz CT molecular complexity index is 636. The highest BCUT2D eigenvalue weighted by Crippen LogP contribution is 2.31. The Hall–Kier alpha value is -1.96. The Labute approximate surface area is 147 Å². The highest BCUT2D eigenvalue weighted by Gasteiger charge is 2.12. The average molecular weight is 325 g/mol. The van der Waals surface area contributed by atoms with Crippen LogP contribution < -0.4 is 4.90 Å². The molecule has 0 radical (unpaired) electrons. The van der Waals surface area contributed by atoms with Gasteiger partial charge in [-0.15, -0.1) is 0 Å². The molecule has 0 saturated carbocycles. The van der Waals surface area contributed by atoms with Crippen LogP contribution >= 0.6 is 0 Å². The summed E-state index contributed by atoms with van der Waals surface area (Å²) in [6, 6.07) is 14.2. The summed E-state index contributed by atoms with van der Waals surface area (Å²) >= 11 is 0. The standard InChI is InChI=1S/C22H31NO/c1-4-5-6-7-8-9-15-23(20-11-10-12-21(24)17-20)22-14-13-18(2)16-19(22)3/h10-14,16-17,24H,4-9,15H2,1-3H3. The monoisotopic (exact) mass is 325 g/mol. The molecule has 0 unspecified atom stereocenters. The molecule has 0 aromatic heterocycles. The fourth-order valence-corrected chi connectivity index (χ4v) is 3.21. The van der Waals surface area contributed by atoms with E-state index in [1.807, 2.05) is 12.1 Å². The van der Waals surface area contributed by atoms with Crippen LogP contribution in [0.5, 0.6) is 5.75 Å². The minimum absolute atomic E-state index is 0.324. The van der Waals surface area contributed by atoms with Crippen LogP contribution in [0.2, 0.25) is 0 Å². The predicted octanol–water partition coefficient (Wildman–Crippen LogP) is 6.51. The summed E-state index contributed by atoms with van der Waals surface area (Å²) in [5, 5.41) is 9.86. The number of rotatable bonds is 9. The zero-order chi connectivity index (χ0) is 17.4. The number of benzene rings is 2. The van der Waals surface area contributed by atoms with Gasteiger partial charge in [0.05, 0.1) is 0 Å². The molecule has 2 nitrogen and oxygen atoms in total. The van der Waals surface area contributed by atoms with Gasteiger partial charge in [0.25, 0.3) is 0 Å². The molecule has 24 heavy (non-hydrogen) atoms. The van der Waals surface area contributed by atoms with Gasteiger partial charge in [0.1, 0.15) is 5.75 Å². The van der Waals surface area contributed by atoms with E-state index in [1.165, 1.54) is 55.3 Å². The number of unbranched alkanes of at least 4 members (excludes halogenated alkanes) is 5. The minimum Gasteiger partial charge on any atom is -0.508 e. The summed E-state index contributed by atoms with van der Waals surface area (Å²) < 4.78 is 0. The number of aryl methyl sites for hydroxylation is 2. The van der Waals surface area contributed by atoms with Crippen LogP contribution in [0.15, 0.2) is 42.5 Å². The SMILES string of the molecule is CCCCCCCCN(c1cccc(O)c1)c1ccc(C)cc1C. The number of hydrogen-bond acceptors (Lipinski definition) is 2. The predicted molar refractivity (Wildman–Crippen MR) is 104 cm³/mol. The first-order chi connectivity index (χ1) is 11.6. The highest BCUT2D eigenvalue weighted by molar-refractivity contribution is 5.67. The van der Waals surface area contributed by atoms with Gasteiger partial charge >= 0.3 is 0 Å². The molecule has 0 amide bonds. The molecular weight excluding hydrogens is 294 g/mol. The van der Waals surface area contributed by atoms with E-state index in [-0.39, 0.29) is 0 Å². The molecule has 130 valence electrons. The van der Waals surface area contributed by atoms with Crippen molar-refractivity contribution in [3.05, 3.63) is 53.6 Å². The van der Waals surface area contributed by atoms with Crippen LogP contribution in [0.3, 0.4) is 0 Å². The van der Waals surface area contributed by atoms with Gasteiger partial charge in [-0.25, -0.2) is 0 Å². The fourth-order valence-electron chi connectivity index (χ4n) is 3.21. The molecule has 0 aliphatic carbocycles. The summed E-state index contributed by atoms with van der Waals surface area (Å²) in [5.41, 5.74) is 4.87. The molecule has 0 fully saturated rings. The third-order valence-corrected chi connectivity index (χ3v) is 4.52. The van der Waals surface area contributed by atoms with Crippen LogP contribution in [-0.4, -0.2) is 11.7 Å². The molecule has 0 saturated heterocycles. The zero-order valence-electron chi connectivity index (χ0n) is 15.4. The Balaban J connectivity index is 2.13. The van der Waals surface area contributed by atoms with Crippen molar-refractivity contribution in [3.8, 4) is 5.75 Å². The average Bonchev–Trinajstić information content (AvgIpc) is 2.55. The second-order valence-electron chi connectivity index (χ2n) is 6.73.